The molecular formula is C8H10ClNO3. The zero-order chi connectivity index (χ0) is 10.3. The summed E-state index contributed by atoms with van der Waals surface area (Å²) in [5.41, 5.74) is 0. The van der Waals surface area contributed by atoms with Gasteiger partial charge < -0.3 is 0 Å². The van der Waals surface area contributed by atoms with Crippen molar-refractivity contribution >= 4 is 28.7 Å². The molecule has 2 amide bonds. The third kappa shape index (κ3) is 7.21. The van der Waals surface area contributed by atoms with Crippen molar-refractivity contribution in [2.75, 3.05) is 0 Å². The lowest BCUT2D eigenvalue weighted by Crippen LogP contribution is -2.19. The van der Waals surface area contributed by atoms with Gasteiger partial charge in [0.05, 0.1) is 0 Å². The van der Waals surface area contributed by atoms with Gasteiger partial charge in [-0.1, -0.05) is 6.92 Å². The fourth-order valence-electron chi connectivity index (χ4n) is 0.553. The molecule has 1 N–H and O–H groups in total. The Bertz CT molecular complexity index is 232. The molecule has 0 saturated heterocycles. The topological polar surface area (TPSA) is 63.2 Å². The molecule has 0 saturated carbocycles. The van der Waals surface area contributed by atoms with Crippen LogP contribution in [0.5, 0.6) is 0 Å². The molecule has 0 atom stereocenters. The summed E-state index contributed by atoms with van der Waals surface area (Å²) < 4.78 is 0. The fourth-order valence-corrected chi connectivity index (χ4v) is 0.742. The Balaban J connectivity index is 0.000000226. The Hall–Kier alpha value is -1.16. The maximum absolute atomic E-state index is 10.0. The van der Waals surface area contributed by atoms with Gasteiger partial charge in [0, 0.05) is 18.6 Å². The number of hydrogen-bond donors (Lipinski definition) is 1. The molecule has 0 spiro atoms. The van der Waals surface area contributed by atoms with E-state index >= 15 is 0 Å². The van der Waals surface area contributed by atoms with Crippen LogP contribution in [0.1, 0.15) is 19.8 Å². The van der Waals surface area contributed by atoms with Crippen molar-refractivity contribution in [3.05, 3.63) is 12.2 Å². The molecule has 0 unspecified atom stereocenters. The van der Waals surface area contributed by atoms with E-state index in [1.165, 1.54) is 12.2 Å². The second kappa shape index (κ2) is 6.37. The van der Waals surface area contributed by atoms with E-state index in [1.54, 1.807) is 0 Å². The predicted octanol–water partition coefficient (Wildman–Crippen LogP) is 0.751. The lowest BCUT2D eigenvalue weighted by atomic mass is 10.4. The van der Waals surface area contributed by atoms with E-state index < -0.39 is 0 Å². The van der Waals surface area contributed by atoms with Crippen LogP contribution in [-0.4, -0.2) is 17.1 Å². The lowest BCUT2D eigenvalue weighted by Gasteiger charge is -1.80. The van der Waals surface area contributed by atoms with Crippen molar-refractivity contribution in [3.63, 3.8) is 0 Å². The van der Waals surface area contributed by atoms with Crippen molar-refractivity contribution in [2.24, 2.45) is 0 Å². The van der Waals surface area contributed by atoms with Gasteiger partial charge >= 0.3 is 0 Å². The molecule has 1 heterocycles. The van der Waals surface area contributed by atoms with Gasteiger partial charge in [0.2, 0.25) is 5.24 Å². The summed E-state index contributed by atoms with van der Waals surface area (Å²) in [7, 11) is 0. The van der Waals surface area contributed by atoms with Crippen molar-refractivity contribution in [3.8, 4) is 0 Å². The average molecular weight is 204 g/mol. The normalized spacial score (nSPS) is 13.4. The van der Waals surface area contributed by atoms with E-state index in [0.717, 1.165) is 6.42 Å². The van der Waals surface area contributed by atoms with Gasteiger partial charge in [0.1, 0.15) is 0 Å². The number of rotatable bonds is 2. The van der Waals surface area contributed by atoms with Crippen LogP contribution in [0.4, 0.5) is 0 Å². The number of carbonyl (C=O) groups is 3. The minimum absolute atomic E-state index is 0.238. The number of nitrogens with one attached hydrogen (secondary N) is 1. The molecule has 0 radical (unpaired) electrons. The highest BCUT2D eigenvalue weighted by molar-refractivity contribution is 6.63. The molecule has 0 fully saturated rings. The first-order chi connectivity index (χ1) is 6.06. The van der Waals surface area contributed by atoms with Gasteiger partial charge in [-0.05, 0) is 18.0 Å². The predicted molar refractivity (Wildman–Crippen MR) is 48.1 cm³/mol. The highest BCUT2D eigenvalue weighted by Crippen LogP contribution is 1.90. The molecule has 0 aliphatic carbocycles. The van der Waals surface area contributed by atoms with Crippen LogP contribution in [0.25, 0.3) is 0 Å². The Morgan fingerprint density at radius 3 is 1.92 bits per heavy atom. The molecule has 0 aromatic carbocycles. The molecule has 0 aromatic rings. The fraction of sp³-hybridized carbons (Fsp3) is 0.375. The van der Waals surface area contributed by atoms with Crippen molar-refractivity contribution in [1.29, 1.82) is 0 Å². The second-order valence-corrected chi connectivity index (χ2v) is 2.71. The van der Waals surface area contributed by atoms with E-state index in [2.05, 4.69) is 0 Å². The average Bonchev–Trinajstić information content (AvgIpc) is 2.35. The summed E-state index contributed by atoms with van der Waals surface area (Å²) in [6.45, 7) is 1.92. The molecule has 72 valence electrons. The van der Waals surface area contributed by atoms with Crippen molar-refractivity contribution in [1.82, 2.24) is 5.32 Å². The van der Waals surface area contributed by atoms with E-state index in [1.807, 2.05) is 12.2 Å². The van der Waals surface area contributed by atoms with Gasteiger partial charge in [-0.3, -0.25) is 19.7 Å². The number of imide groups is 1. The number of halogens is 1. The molecule has 5 heteroatoms. The summed E-state index contributed by atoms with van der Waals surface area (Å²) in [6, 6.07) is 0. The first kappa shape index (κ1) is 11.8. The smallest absolute Gasteiger partial charge is 0.250 e. The lowest BCUT2D eigenvalue weighted by molar-refractivity contribution is -0.123. The number of amides is 2. The van der Waals surface area contributed by atoms with Crippen molar-refractivity contribution in [2.45, 2.75) is 19.8 Å². The summed E-state index contributed by atoms with van der Waals surface area (Å²) in [6.07, 6.45) is 3.74. The number of carbonyl (C=O) groups excluding carboxylic acids is 3. The van der Waals surface area contributed by atoms with Crippen LogP contribution in [0.2, 0.25) is 0 Å². The van der Waals surface area contributed by atoms with Crippen molar-refractivity contribution < 1.29 is 14.4 Å². The molecule has 1 aliphatic heterocycles. The van der Waals surface area contributed by atoms with Crippen LogP contribution < -0.4 is 5.32 Å². The summed E-state index contributed by atoms with van der Waals surface area (Å²) in [5, 5.41) is 1.79. The maximum atomic E-state index is 10.0. The quantitative estimate of drug-likeness (QED) is 0.532. The van der Waals surface area contributed by atoms with Crippen LogP contribution in [0.3, 0.4) is 0 Å². The van der Waals surface area contributed by atoms with Gasteiger partial charge in [-0.2, -0.15) is 0 Å². The Kier molecular flexibility index (Phi) is 5.80. The Morgan fingerprint density at radius 1 is 1.38 bits per heavy atom. The van der Waals surface area contributed by atoms with E-state index in [0.29, 0.717) is 6.42 Å². The Labute approximate surface area is 80.9 Å². The molecule has 13 heavy (non-hydrogen) atoms. The summed E-state index contributed by atoms with van der Waals surface area (Å²) >= 11 is 4.94. The van der Waals surface area contributed by atoms with E-state index in [4.69, 9.17) is 11.6 Å². The monoisotopic (exact) mass is 203 g/mol. The van der Waals surface area contributed by atoms with Crippen LogP contribution in [0, 0.1) is 0 Å². The van der Waals surface area contributed by atoms with Crippen LogP contribution >= 0.6 is 11.6 Å². The number of hydrogen-bond acceptors (Lipinski definition) is 3. The van der Waals surface area contributed by atoms with Gasteiger partial charge in [0.15, 0.2) is 0 Å². The molecule has 0 aromatic heterocycles. The largest absolute Gasteiger partial charge is 0.289 e. The minimum atomic E-state index is -0.329. The third-order valence-electron chi connectivity index (χ3n) is 1.08. The first-order valence-corrected chi connectivity index (χ1v) is 4.15. The summed E-state index contributed by atoms with van der Waals surface area (Å²) in [4.78, 5) is 29.9. The third-order valence-corrected chi connectivity index (χ3v) is 1.27. The van der Waals surface area contributed by atoms with E-state index in [9.17, 15) is 14.4 Å². The molecule has 1 aliphatic rings. The zero-order valence-electron chi connectivity index (χ0n) is 7.17. The van der Waals surface area contributed by atoms with Gasteiger partial charge in [-0.15, -0.1) is 0 Å². The minimum Gasteiger partial charge on any atom is -0.289 e. The van der Waals surface area contributed by atoms with Gasteiger partial charge in [0.25, 0.3) is 11.8 Å². The maximum Gasteiger partial charge on any atom is 0.250 e. The highest BCUT2D eigenvalue weighted by atomic mass is 35.5. The van der Waals surface area contributed by atoms with Gasteiger partial charge in [-0.25, -0.2) is 0 Å². The second-order valence-electron chi connectivity index (χ2n) is 2.29. The van der Waals surface area contributed by atoms with Crippen LogP contribution in [-0.2, 0) is 14.4 Å². The molecular weight excluding hydrogens is 194 g/mol. The highest BCUT2D eigenvalue weighted by Gasteiger charge is 2.06. The standard InChI is InChI=1S/C4H7ClO.C4H3NO2/c1-2-3-4(5)6;6-3-1-2-4(7)5-3/h2-3H2,1H3;1-2H,(H,5,6,7). The van der Waals surface area contributed by atoms with E-state index in [-0.39, 0.29) is 17.1 Å². The summed E-state index contributed by atoms with van der Waals surface area (Å²) in [5.74, 6) is -0.657. The molecule has 1 rings (SSSR count). The zero-order valence-corrected chi connectivity index (χ0v) is 7.93. The molecule has 0 bridgehead atoms. The first-order valence-electron chi connectivity index (χ1n) is 3.77. The molecule has 4 nitrogen and oxygen atoms in total. The SMILES string of the molecule is CCCC(=O)Cl.O=C1C=CC(=O)N1. The Morgan fingerprint density at radius 2 is 1.85 bits per heavy atom. The van der Waals surface area contributed by atoms with Crippen LogP contribution in [0.15, 0.2) is 12.2 Å².